The summed E-state index contributed by atoms with van der Waals surface area (Å²) in [5.74, 6) is -1.48. The number of hydrogen-bond donors (Lipinski definition) is 2. The highest BCUT2D eigenvalue weighted by Gasteiger charge is 2.29. The van der Waals surface area contributed by atoms with Crippen molar-refractivity contribution in [3.8, 4) is 0 Å². The summed E-state index contributed by atoms with van der Waals surface area (Å²) >= 11 is 1.33. The van der Waals surface area contributed by atoms with Gasteiger partial charge in [-0.15, -0.1) is 11.3 Å². The molecule has 0 saturated carbocycles. The van der Waals surface area contributed by atoms with E-state index in [0.29, 0.717) is 29.3 Å². The van der Waals surface area contributed by atoms with E-state index in [1.165, 1.54) is 16.2 Å². The minimum Gasteiger partial charge on any atom is -0.481 e. The molecule has 26 heavy (non-hydrogen) atoms. The van der Waals surface area contributed by atoms with Gasteiger partial charge in [-0.3, -0.25) is 14.4 Å². The Hall–Kier alpha value is -2.71. The second kappa shape index (κ2) is 8.11. The van der Waals surface area contributed by atoms with Gasteiger partial charge in [-0.25, -0.2) is 0 Å². The van der Waals surface area contributed by atoms with Crippen molar-refractivity contribution in [3.05, 3.63) is 52.2 Å². The van der Waals surface area contributed by atoms with Gasteiger partial charge >= 0.3 is 5.97 Å². The molecular weight excluding hydrogens is 356 g/mol. The third-order valence-electron chi connectivity index (χ3n) is 4.01. The number of nitrogens with one attached hydrogen (secondary N) is 1. The fraction of sp³-hybridized carbons (Fsp3) is 0.278. The van der Waals surface area contributed by atoms with Gasteiger partial charge in [0.25, 0.3) is 11.8 Å². The first kappa shape index (κ1) is 18.1. The van der Waals surface area contributed by atoms with Crippen LogP contribution < -0.4 is 5.32 Å². The molecule has 2 aromatic rings. The number of rotatable bonds is 5. The van der Waals surface area contributed by atoms with E-state index in [4.69, 9.17) is 9.84 Å². The molecule has 1 fully saturated rings. The van der Waals surface area contributed by atoms with Gasteiger partial charge in [0, 0.05) is 17.8 Å². The smallest absolute Gasteiger partial charge is 0.305 e. The molecule has 1 aromatic carbocycles. The van der Waals surface area contributed by atoms with E-state index in [1.807, 2.05) is 5.38 Å². The Morgan fingerprint density at radius 3 is 2.85 bits per heavy atom. The lowest BCUT2D eigenvalue weighted by Gasteiger charge is -2.35. The van der Waals surface area contributed by atoms with Crippen molar-refractivity contribution in [1.82, 2.24) is 4.90 Å². The number of amides is 2. The average molecular weight is 374 g/mol. The van der Waals surface area contributed by atoms with Crippen molar-refractivity contribution < 1.29 is 24.2 Å². The molecule has 8 heteroatoms. The number of hydrogen-bond acceptors (Lipinski definition) is 5. The average Bonchev–Trinajstić information content (AvgIpc) is 3.16. The summed E-state index contributed by atoms with van der Waals surface area (Å²) in [6.45, 7) is 0.909. The summed E-state index contributed by atoms with van der Waals surface area (Å²) in [5, 5.41) is 13.6. The first-order valence-electron chi connectivity index (χ1n) is 8.10. The maximum atomic E-state index is 12.8. The molecule has 1 aliphatic rings. The van der Waals surface area contributed by atoms with Crippen LogP contribution in [0.3, 0.4) is 0 Å². The molecule has 2 heterocycles. The van der Waals surface area contributed by atoms with Gasteiger partial charge in [0.1, 0.15) is 0 Å². The predicted octanol–water partition coefficient (Wildman–Crippen LogP) is 2.32. The molecule has 136 valence electrons. The van der Waals surface area contributed by atoms with E-state index in [2.05, 4.69) is 5.32 Å². The SMILES string of the molecule is O=C(O)CC1COCCN1C(=O)c1cccc(NC(=O)c2cccs2)c1. The van der Waals surface area contributed by atoms with E-state index in [9.17, 15) is 14.4 Å². The number of nitrogens with zero attached hydrogens (tertiary/aromatic N) is 1. The highest BCUT2D eigenvalue weighted by molar-refractivity contribution is 7.12. The quantitative estimate of drug-likeness (QED) is 0.837. The van der Waals surface area contributed by atoms with Crippen molar-refractivity contribution in [2.75, 3.05) is 25.1 Å². The molecule has 2 amide bonds. The number of benzene rings is 1. The van der Waals surface area contributed by atoms with Crippen LogP contribution in [0.1, 0.15) is 26.5 Å². The fourth-order valence-electron chi connectivity index (χ4n) is 2.79. The Morgan fingerprint density at radius 2 is 2.12 bits per heavy atom. The first-order valence-corrected chi connectivity index (χ1v) is 8.98. The standard InChI is InChI=1S/C18H18N2O5S/c21-16(22)10-14-11-25-7-6-20(14)18(24)12-3-1-4-13(9-12)19-17(23)15-5-2-8-26-15/h1-5,8-9,14H,6-7,10-11H2,(H,19,23)(H,21,22). The van der Waals surface area contributed by atoms with Crippen LogP contribution in [0.5, 0.6) is 0 Å². The fourth-order valence-corrected chi connectivity index (χ4v) is 3.41. The number of morpholine rings is 1. The van der Waals surface area contributed by atoms with Crippen LogP contribution in [0.4, 0.5) is 5.69 Å². The lowest BCUT2D eigenvalue weighted by Crippen LogP contribution is -2.49. The number of thiophene rings is 1. The van der Waals surface area contributed by atoms with E-state index >= 15 is 0 Å². The van der Waals surface area contributed by atoms with Gasteiger partial charge in [0.15, 0.2) is 0 Å². The molecule has 7 nitrogen and oxygen atoms in total. The van der Waals surface area contributed by atoms with Crippen molar-refractivity contribution >= 4 is 34.8 Å². The molecule has 3 rings (SSSR count). The van der Waals surface area contributed by atoms with Crippen molar-refractivity contribution in [3.63, 3.8) is 0 Å². The van der Waals surface area contributed by atoms with Crippen LogP contribution in [0.15, 0.2) is 41.8 Å². The summed E-state index contributed by atoms with van der Waals surface area (Å²) in [6, 6.07) is 9.65. The third-order valence-corrected chi connectivity index (χ3v) is 4.88. The van der Waals surface area contributed by atoms with Crippen LogP contribution in [0.25, 0.3) is 0 Å². The minimum absolute atomic E-state index is 0.166. The van der Waals surface area contributed by atoms with Crippen LogP contribution in [-0.4, -0.2) is 53.6 Å². The van der Waals surface area contributed by atoms with Crippen LogP contribution in [0.2, 0.25) is 0 Å². The lowest BCUT2D eigenvalue weighted by molar-refractivity contribution is -0.139. The Morgan fingerprint density at radius 1 is 1.27 bits per heavy atom. The van der Waals surface area contributed by atoms with Gasteiger partial charge in [-0.1, -0.05) is 12.1 Å². The predicted molar refractivity (Wildman–Crippen MR) is 96.6 cm³/mol. The Balaban J connectivity index is 1.74. The summed E-state index contributed by atoms with van der Waals surface area (Å²) in [4.78, 5) is 38.1. The molecule has 1 atom stereocenters. The highest BCUT2D eigenvalue weighted by Crippen LogP contribution is 2.19. The first-order chi connectivity index (χ1) is 12.5. The molecule has 0 spiro atoms. The molecule has 1 aromatic heterocycles. The van der Waals surface area contributed by atoms with E-state index in [-0.39, 0.29) is 24.8 Å². The van der Waals surface area contributed by atoms with E-state index in [1.54, 1.807) is 36.4 Å². The number of carboxylic acids is 1. The maximum Gasteiger partial charge on any atom is 0.305 e. The zero-order chi connectivity index (χ0) is 18.5. The monoisotopic (exact) mass is 374 g/mol. The van der Waals surface area contributed by atoms with Crippen LogP contribution >= 0.6 is 11.3 Å². The van der Waals surface area contributed by atoms with Crippen molar-refractivity contribution in [1.29, 1.82) is 0 Å². The minimum atomic E-state index is -0.977. The largest absolute Gasteiger partial charge is 0.481 e. The number of ether oxygens (including phenoxy) is 1. The Bertz CT molecular complexity index is 806. The van der Waals surface area contributed by atoms with Gasteiger partial charge in [0.2, 0.25) is 0 Å². The molecule has 2 N–H and O–H groups in total. The van der Waals surface area contributed by atoms with Gasteiger partial charge < -0.3 is 20.1 Å². The number of carbonyl (C=O) groups is 3. The second-order valence-corrected chi connectivity index (χ2v) is 6.79. The summed E-state index contributed by atoms with van der Waals surface area (Å²) in [7, 11) is 0. The van der Waals surface area contributed by atoms with E-state index in [0.717, 1.165) is 0 Å². The zero-order valence-electron chi connectivity index (χ0n) is 13.9. The summed E-state index contributed by atoms with van der Waals surface area (Å²) in [5.41, 5.74) is 0.906. The van der Waals surface area contributed by atoms with Gasteiger partial charge in [-0.05, 0) is 29.6 Å². The molecule has 0 bridgehead atoms. The number of aliphatic carboxylic acids is 1. The normalized spacial score (nSPS) is 16.9. The highest BCUT2D eigenvalue weighted by atomic mass is 32.1. The number of carbonyl (C=O) groups excluding carboxylic acids is 2. The lowest BCUT2D eigenvalue weighted by atomic mass is 10.1. The summed E-state index contributed by atoms with van der Waals surface area (Å²) < 4.78 is 5.30. The molecular formula is C18H18N2O5S. The van der Waals surface area contributed by atoms with Crippen molar-refractivity contribution in [2.24, 2.45) is 0 Å². The van der Waals surface area contributed by atoms with E-state index < -0.39 is 12.0 Å². The molecule has 1 saturated heterocycles. The third kappa shape index (κ3) is 4.27. The maximum absolute atomic E-state index is 12.8. The Kier molecular flexibility index (Phi) is 5.65. The number of carboxylic acid groups (broad SMARTS) is 1. The van der Waals surface area contributed by atoms with Crippen LogP contribution in [-0.2, 0) is 9.53 Å². The molecule has 1 aliphatic heterocycles. The topological polar surface area (TPSA) is 95.9 Å². The zero-order valence-corrected chi connectivity index (χ0v) is 14.7. The molecule has 0 radical (unpaired) electrons. The van der Waals surface area contributed by atoms with Crippen molar-refractivity contribution in [2.45, 2.75) is 12.5 Å². The number of anilines is 1. The van der Waals surface area contributed by atoms with Gasteiger partial charge in [-0.2, -0.15) is 0 Å². The van der Waals surface area contributed by atoms with Gasteiger partial charge in [0.05, 0.1) is 30.6 Å². The summed E-state index contributed by atoms with van der Waals surface area (Å²) in [6.07, 6.45) is -0.166. The Labute approximate surface area is 154 Å². The molecule has 0 aliphatic carbocycles. The second-order valence-electron chi connectivity index (χ2n) is 5.84. The van der Waals surface area contributed by atoms with Crippen LogP contribution in [0, 0.1) is 0 Å². The molecule has 1 unspecified atom stereocenters.